The maximum absolute atomic E-state index is 12.1. The van der Waals surface area contributed by atoms with E-state index in [2.05, 4.69) is 0 Å². The second-order valence-electron chi connectivity index (χ2n) is 6.54. The summed E-state index contributed by atoms with van der Waals surface area (Å²) in [5.74, 6) is -0.749. The predicted octanol–water partition coefficient (Wildman–Crippen LogP) is 3.84. The molecule has 2 aromatic carbocycles. The molecule has 27 heavy (non-hydrogen) atoms. The first-order valence-electron chi connectivity index (χ1n) is 9.04. The molecule has 2 aromatic rings. The fraction of sp³-hybridized carbons (Fsp3) is 0.381. The lowest BCUT2D eigenvalue weighted by molar-refractivity contribution is 0.0973. The summed E-state index contributed by atoms with van der Waals surface area (Å²) in [6, 6.07) is 9.22. The van der Waals surface area contributed by atoms with E-state index in [1.54, 1.807) is 6.07 Å². The van der Waals surface area contributed by atoms with Gasteiger partial charge in [-0.15, -0.1) is 0 Å². The van der Waals surface area contributed by atoms with Crippen LogP contribution in [0.3, 0.4) is 0 Å². The third kappa shape index (κ3) is 6.83. The zero-order chi connectivity index (χ0) is 18.9. The van der Waals surface area contributed by atoms with Crippen molar-refractivity contribution >= 4 is 5.78 Å². The highest BCUT2D eigenvalue weighted by atomic mass is 16.3. The molecule has 6 heteroatoms. The molecule has 0 aliphatic carbocycles. The first-order valence-corrected chi connectivity index (χ1v) is 9.04. The minimum absolute atomic E-state index is 0. The molecule has 0 radical (unpaired) electrons. The number of carbonyl (C=O) groups excluding carboxylic acids is 1. The number of carbonyl (C=O) groups is 1. The van der Waals surface area contributed by atoms with E-state index in [0.717, 1.165) is 50.5 Å². The van der Waals surface area contributed by atoms with Crippen LogP contribution in [0.25, 0.3) is 0 Å². The van der Waals surface area contributed by atoms with Crippen LogP contribution >= 0.6 is 0 Å². The van der Waals surface area contributed by atoms with Crippen LogP contribution in [0, 0.1) is 0 Å². The second kappa shape index (κ2) is 11.1. The van der Waals surface area contributed by atoms with Gasteiger partial charge in [0, 0.05) is 6.42 Å². The topological polar surface area (TPSA) is 129 Å². The third-order valence-electron chi connectivity index (χ3n) is 4.46. The number of benzene rings is 2. The summed E-state index contributed by atoms with van der Waals surface area (Å²) >= 11 is 0. The van der Waals surface area contributed by atoms with E-state index in [1.165, 1.54) is 24.3 Å². The van der Waals surface area contributed by atoms with E-state index in [0.29, 0.717) is 6.42 Å². The van der Waals surface area contributed by atoms with E-state index in [4.69, 9.17) is 0 Å². The Bertz CT molecular complexity index is 721. The Kier molecular flexibility index (Phi) is 9.16. The Hall–Kier alpha value is -2.73. The molecule has 0 unspecified atom stereocenters. The zero-order valence-corrected chi connectivity index (χ0v) is 15.3. The quantitative estimate of drug-likeness (QED) is 0.284. The minimum Gasteiger partial charge on any atom is -0.507 e. The molecular formula is C21H28O6. The largest absolute Gasteiger partial charge is 0.507 e. The van der Waals surface area contributed by atoms with Crippen molar-refractivity contribution in [1.82, 2.24) is 0 Å². The van der Waals surface area contributed by atoms with E-state index >= 15 is 0 Å². The number of rotatable bonds is 10. The van der Waals surface area contributed by atoms with Gasteiger partial charge in [-0.05, 0) is 49.1 Å². The van der Waals surface area contributed by atoms with Crippen molar-refractivity contribution in [3.63, 3.8) is 0 Å². The zero-order valence-electron chi connectivity index (χ0n) is 15.3. The average molecular weight is 376 g/mol. The molecule has 0 aromatic heterocycles. The molecule has 0 aliphatic rings. The van der Waals surface area contributed by atoms with Crippen LogP contribution in [-0.2, 0) is 6.42 Å². The summed E-state index contributed by atoms with van der Waals surface area (Å²) in [5.41, 5.74) is 1.03. The van der Waals surface area contributed by atoms with Crippen molar-refractivity contribution in [1.29, 1.82) is 0 Å². The van der Waals surface area contributed by atoms with Gasteiger partial charge < -0.3 is 25.9 Å². The molecule has 0 amide bonds. The number of ketones is 1. The second-order valence-corrected chi connectivity index (χ2v) is 6.54. The Morgan fingerprint density at radius 3 is 1.93 bits per heavy atom. The van der Waals surface area contributed by atoms with Gasteiger partial charge in [-0.2, -0.15) is 0 Å². The Labute approximate surface area is 159 Å². The third-order valence-corrected chi connectivity index (χ3v) is 4.46. The molecule has 0 saturated heterocycles. The normalized spacial score (nSPS) is 10.4. The van der Waals surface area contributed by atoms with Crippen molar-refractivity contribution in [3.05, 3.63) is 47.5 Å². The van der Waals surface area contributed by atoms with Crippen LogP contribution in [0.15, 0.2) is 36.4 Å². The maximum Gasteiger partial charge on any atom is 0.170 e. The molecule has 0 aliphatic heterocycles. The number of unbranched alkanes of at least 4 members (excludes halogenated alkanes) is 5. The summed E-state index contributed by atoms with van der Waals surface area (Å²) in [5, 5.41) is 38.1. The van der Waals surface area contributed by atoms with Crippen LogP contribution in [0.4, 0.5) is 0 Å². The van der Waals surface area contributed by atoms with Crippen molar-refractivity contribution in [2.75, 3.05) is 0 Å². The number of hydrogen-bond donors (Lipinski definition) is 4. The Morgan fingerprint density at radius 2 is 1.30 bits per heavy atom. The van der Waals surface area contributed by atoms with Gasteiger partial charge in [-0.3, -0.25) is 4.79 Å². The van der Waals surface area contributed by atoms with Crippen LogP contribution < -0.4 is 0 Å². The van der Waals surface area contributed by atoms with Gasteiger partial charge in [0.15, 0.2) is 17.3 Å². The molecule has 0 fully saturated rings. The number of aromatic hydroxyl groups is 4. The van der Waals surface area contributed by atoms with Crippen LogP contribution in [0.5, 0.6) is 23.0 Å². The molecule has 6 N–H and O–H groups in total. The van der Waals surface area contributed by atoms with E-state index in [1.807, 2.05) is 6.07 Å². The van der Waals surface area contributed by atoms with E-state index in [-0.39, 0.29) is 39.8 Å². The van der Waals surface area contributed by atoms with Gasteiger partial charge in [-0.25, -0.2) is 0 Å². The summed E-state index contributed by atoms with van der Waals surface area (Å²) in [6.45, 7) is 0. The highest BCUT2D eigenvalue weighted by Crippen LogP contribution is 2.28. The van der Waals surface area contributed by atoms with Crippen LogP contribution in [0.2, 0.25) is 0 Å². The van der Waals surface area contributed by atoms with Gasteiger partial charge in [0.1, 0.15) is 17.1 Å². The maximum atomic E-state index is 12.1. The highest BCUT2D eigenvalue weighted by molar-refractivity contribution is 6.01. The monoisotopic (exact) mass is 376 g/mol. The highest BCUT2D eigenvalue weighted by Gasteiger charge is 2.15. The number of Topliss-reactive ketones (excluding diaryl/α,β-unsaturated/α-hetero) is 1. The standard InChI is InChI=1S/C21H26O5.H2O/c22-16-13-12-15(14-20(16)26)8-5-3-1-2-4-6-9-17(23)21-18(24)10-7-11-19(21)25;/h7,10-14,22,24-26H,1-6,8-9H2;1H2. The molecule has 0 heterocycles. The smallest absolute Gasteiger partial charge is 0.170 e. The molecule has 0 spiro atoms. The Morgan fingerprint density at radius 1 is 0.704 bits per heavy atom. The van der Waals surface area contributed by atoms with Gasteiger partial charge >= 0.3 is 0 Å². The fourth-order valence-corrected chi connectivity index (χ4v) is 2.99. The fourth-order valence-electron chi connectivity index (χ4n) is 2.99. The molecule has 0 saturated carbocycles. The van der Waals surface area contributed by atoms with Gasteiger partial charge in [0.05, 0.1) is 0 Å². The SMILES string of the molecule is O.O=C(CCCCCCCCc1ccc(O)c(O)c1)c1c(O)cccc1O. The van der Waals surface area contributed by atoms with E-state index < -0.39 is 0 Å². The molecular weight excluding hydrogens is 348 g/mol. The molecule has 6 nitrogen and oxygen atoms in total. The summed E-state index contributed by atoms with van der Waals surface area (Å²) in [7, 11) is 0. The number of hydrogen-bond acceptors (Lipinski definition) is 5. The van der Waals surface area contributed by atoms with Gasteiger partial charge in [0.25, 0.3) is 0 Å². The molecule has 0 bridgehead atoms. The number of phenolic OH excluding ortho intramolecular Hbond substituents is 4. The lowest BCUT2D eigenvalue weighted by Gasteiger charge is -2.06. The lowest BCUT2D eigenvalue weighted by Crippen LogP contribution is -2.00. The first kappa shape index (κ1) is 22.3. The Balaban J connectivity index is 0.00000364. The molecule has 0 atom stereocenters. The first-order chi connectivity index (χ1) is 12.5. The molecule has 148 valence electrons. The molecule has 2 rings (SSSR count). The van der Waals surface area contributed by atoms with Crippen molar-refractivity contribution < 1.29 is 30.7 Å². The summed E-state index contributed by atoms with van der Waals surface area (Å²) < 4.78 is 0. The van der Waals surface area contributed by atoms with E-state index in [9.17, 15) is 25.2 Å². The van der Waals surface area contributed by atoms with Gasteiger partial charge in [0.2, 0.25) is 0 Å². The van der Waals surface area contributed by atoms with Crippen molar-refractivity contribution in [2.24, 2.45) is 0 Å². The van der Waals surface area contributed by atoms with Crippen LogP contribution in [-0.4, -0.2) is 31.7 Å². The van der Waals surface area contributed by atoms with Crippen LogP contribution in [0.1, 0.15) is 60.9 Å². The van der Waals surface area contributed by atoms with Crippen molar-refractivity contribution in [3.8, 4) is 23.0 Å². The summed E-state index contributed by atoms with van der Waals surface area (Å²) in [4.78, 5) is 12.1. The lowest BCUT2D eigenvalue weighted by atomic mass is 10.0. The average Bonchev–Trinajstić information content (AvgIpc) is 2.60. The van der Waals surface area contributed by atoms with Crippen molar-refractivity contribution in [2.45, 2.75) is 51.4 Å². The minimum atomic E-state index is -0.229. The summed E-state index contributed by atoms with van der Waals surface area (Å²) in [6.07, 6.45) is 7.01. The number of aryl methyl sites for hydroxylation is 1. The van der Waals surface area contributed by atoms with Gasteiger partial charge in [-0.1, -0.05) is 37.8 Å². The number of phenols is 4. The predicted molar refractivity (Wildman–Crippen MR) is 104 cm³/mol.